The second-order valence-corrected chi connectivity index (χ2v) is 8.37. The molecule has 9 heteroatoms. The third-order valence-electron chi connectivity index (χ3n) is 4.78. The Hall–Kier alpha value is -2.39. The molecule has 1 N–H and O–H groups in total. The van der Waals surface area contributed by atoms with Gasteiger partial charge in [0.25, 0.3) is 0 Å². The van der Waals surface area contributed by atoms with Gasteiger partial charge in [0.1, 0.15) is 6.54 Å². The fourth-order valence-electron chi connectivity index (χ4n) is 3.22. The molecule has 0 saturated heterocycles. The Morgan fingerprint density at radius 1 is 1.21 bits per heavy atom. The Kier molecular flexibility index (Phi) is 5.86. The number of aromatic nitrogens is 3. The molecule has 1 aliphatic rings. The van der Waals surface area contributed by atoms with Crippen LogP contribution in [0.15, 0.2) is 46.3 Å². The molecule has 150 valence electrons. The van der Waals surface area contributed by atoms with E-state index >= 15 is 0 Å². The van der Waals surface area contributed by atoms with Crippen LogP contribution in [-0.4, -0.2) is 46.0 Å². The number of benzene rings is 2. The van der Waals surface area contributed by atoms with Crippen LogP contribution in [0, 0.1) is 0 Å². The lowest BCUT2D eigenvalue weighted by Gasteiger charge is -2.14. The highest BCUT2D eigenvalue weighted by molar-refractivity contribution is 9.10. The molecule has 0 unspecified atom stereocenters. The molecule has 7 nitrogen and oxygen atoms in total. The van der Waals surface area contributed by atoms with Gasteiger partial charge in [0.15, 0.2) is 5.16 Å². The van der Waals surface area contributed by atoms with Crippen LogP contribution in [0.4, 0.5) is 0 Å². The van der Waals surface area contributed by atoms with E-state index in [9.17, 15) is 9.59 Å². The first kappa shape index (κ1) is 19.9. The maximum atomic E-state index is 12.0. The number of rotatable bonds is 7. The summed E-state index contributed by atoms with van der Waals surface area (Å²) >= 11 is 4.74. The van der Waals surface area contributed by atoms with Crippen molar-refractivity contribution in [2.75, 3.05) is 19.4 Å². The van der Waals surface area contributed by atoms with Crippen LogP contribution >= 0.6 is 27.7 Å². The zero-order chi connectivity index (χ0) is 20.4. The molecule has 0 atom stereocenters. The molecule has 1 aromatic heterocycles. The zero-order valence-corrected chi connectivity index (χ0v) is 18.1. The number of carbonyl (C=O) groups is 2. The van der Waals surface area contributed by atoms with Gasteiger partial charge < -0.3 is 10.1 Å². The summed E-state index contributed by atoms with van der Waals surface area (Å²) in [4.78, 5) is 23.2. The van der Waals surface area contributed by atoms with Crippen molar-refractivity contribution in [3.05, 3.63) is 46.7 Å². The van der Waals surface area contributed by atoms with E-state index in [-0.39, 0.29) is 18.2 Å². The minimum absolute atomic E-state index is 0.111. The van der Waals surface area contributed by atoms with E-state index in [0.29, 0.717) is 15.8 Å². The van der Waals surface area contributed by atoms with Crippen molar-refractivity contribution in [2.24, 2.45) is 0 Å². The van der Waals surface area contributed by atoms with Crippen LogP contribution in [0.5, 0.6) is 0 Å². The maximum absolute atomic E-state index is 12.0. The lowest BCUT2D eigenvalue weighted by molar-refractivity contribution is -0.140. The molecule has 29 heavy (non-hydrogen) atoms. The number of ether oxygens (including phenoxy) is 1. The molecule has 1 amide bonds. The Labute approximate surface area is 180 Å². The summed E-state index contributed by atoms with van der Waals surface area (Å²) in [5, 5.41) is 13.8. The average molecular weight is 475 g/mol. The van der Waals surface area contributed by atoms with Gasteiger partial charge in [-0.15, -0.1) is 10.2 Å². The number of halogens is 1. The van der Waals surface area contributed by atoms with E-state index in [4.69, 9.17) is 0 Å². The van der Waals surface area contributed by atoms with E-state index in [1.807, 2.05) is 10.6 Å². The minimum atomic E-state index is -0.489. The van der Waals surface area contributed by atoms with Crippen LogP contribution in [0.2, 0.25) is 0 Å². The topological polar surface area (TPSA) is 86.1 Å². The smallest absolute Gasteiger partial charge is 0.325 e. The molecule has 1 fully saturated rings. The predicted molar refractivity (Wildman–Crippen MR) is 114 cm³/mol. The van der Waals surface area contributed by atoms with E-state index < -0.39 is 5.97 Å². The van der Waals surface area contributed by atoms with Crippen molar-refractivity contribution in [3.8, 4) is 5.69 Å². The van der Waals surface area contributed by atoms with Gasteiger partial charge >= 0.3 is 5.97 Å². The largest absolute Gasteiger partial charge is 0.468 e. The Morgan fingerprint density at radius 3 is 2.69 bits per heavy atom. The van der Waals surface area contributed by atoms with E-state index in [2.05, 4.69) is 66.5 Å². The molecule has 1 heterocycles. The monoisotopic (exact) mass is 474 g/mol. The minimum Gasteiger partial charge on any atom is -0.468 e. The first-order valence-corrected chi connectivity index (χ1v) is 11.0. The van der Waals surface area contributed by atoms with Crippen molar-refractivity contribution in [1.82, 2.24) is 20.1 Å². The zero-order valence-electron chi connectivity index (χ0n) is 15.7. The molecule has 1 saturated carbocycles. The van der Waals surface area contributed by atoms with Gasteiger partial charge in [0, 0.05) is 5.39 Å². The number of nitrogens with one attached hydrogen (secondary N) is 1. The molecule has 2 aromatic carbocycles. The fraction of sp³-hybridized carbons (Fsp3) is 0.300. The maximum Gasteiger partial charge on any atom is 0.325 e. The van der Waals surface area contributed by atoms with Gasteiger partial charge in [-0.3, -0.25) is 14.2 Å². The lowest BCUT2D eigenvalue weighted by Crippen LogP contribution is -2.31. The van der Waals surface area contributed by atoms with Crippen molar-refractivity contribution in [3.63, 3.8) is 0 Å². The summed E-state index contributed by atoms with van der Waals surface area (Å²) in [7, 11) is 1.28. The van der Waals surface area contributed by atoms with Gasteiger partial charge in [-0.25, -0.2) is 0 Å². The second kappa shape index (κ2) is 8.54. The number of amides is 1. The quantitative estimate of drug-likeness (QED) is 0.416. The van der Waals surface area contributed by atoms with Crippen LogP contribution in [-0.2, 0) is 14.3 Å². The first-order valence-electron chi connectivity index (χ1n) is 9.17. The normalized spacial score (nSPS) is 13.4. The number of hydrogen-bond acceptors (Lipinski definition) is 6. The Balaban J connectivity index is 1.60. The summed E-state index contributed by atoms with van der Waals surface area (Å²) in [6, 6.07) is 12.6. The molecule has 1 aliphatic carbocycles. The fourth-order valence-corrected chi connectivity index (χ4v) is 4.55. The summed E-state index contributed by atoms with van der Waals surface area (Å²) in [6.45, 7) is -0.153. The summed E-state index contributed by atoms with van der Waals surface area (Å²) in [6.07, 6.45) is 2.48. The molecule has 0 aliphatic heterocycles. The van der Waals surface area contributed by atoms with Gasteiger partial charge in [-0.2, -0.15) is 0 Å². The van der Waals surface area contributed by atoms with Crippen LogP contribution in [0.3, 0.4) is 0 Å². The van der Waals surface area contributed by atoms with E-state index in [0.717, 1.165) is 11.1 Å². The van der Waals surface area contributed by atoms with Gasteiger partial charge in [0.05, 0.1) is 18.6 Å². The third kappa shape index (κ3) is 4.30. The van der Waals surface area contributed by atoms with Crippen LogP contribution in [0.1, 0.15) is 24.3 Å². The number of methoxy groups -OCH3 is 1. The summed E-state index contributed by atoms with van der Waals surface area (Å²) in [5.41, 5.74) is 2.34. The molecular formula is C20H19BrN4O3S. The number of nitrogens with zero attached hydrogens (tertiary/aromatic N) is 3. The van der Waals surface area contributed by atoms with E-state index in [1.54, 1.807) is 0 Å². The SMILES string of the molecule is COC(=O)CNC(=O)CSc1nnc(Br)n1-c1ccc(C2CC2)c2ccccc12. The molecule has 0 radical (unpaired) electrons. The van der Waals surface area contributed by atoms with E-state index in [1.165, 1.54) is 42.7 Å². The molecule has 3 aromatic rings. The number of thioether (sulfide) groups is 1. The number of fused-ring (bicyclic) bond motifs is 1. The highest BCUT2D eigenvalue weighted by Crippen LogP contribution is 2.44. The predicted octanol–water partition coefficient (Wildman–Crippen LogP) is 3.44. The highest BCUT2D eigenvalue weighted by Gasteiger charge is 2.26. The van der Waals surface area contributed by atoms with Crippen molar-refractivity contribution in [2.45, 2.75) is 23.9 Å². The van der Waals surface area contributed by atoms with Gasteiger partial charge in [-0.05, 0) is 51.7 Å². The number of esters is 1. The average Bonchev–Trinajstić information content (AvgIpc) is 3.52. The van der Waals surface area contributed by atoms with Crippen LogP contribution in [0.25, 0.3) is 16.5 Å². The molecule has 4 rings (SSSR count). The summed E-state index contributed by atoms with van der Waals surface area (Å²) in [5.74, 6) is -0.0117. The van der Waals surface area contributed by atoms with Crippen molar-refractivity contribution in [1.29, 1.82) is 0 Å². The molecule has 0 spiro atoms. The summed E-state index contributed by atoms with van der Waals surface area (Å²) < 4.78 is 6.99. The standard InChI is InChI=1S/C20H19BrN4O3S/c1-28-18(27)10-22-17(26)11-29-20-24-23-19(21)25(20)16-9-8-13(12-6-7-12)14-4-2-3-5-15(14)16/h2-5,8-9,12H,6-7,10-11H2,1H3,(H,22,26). The van der Waals surface area contributed by atoms with Crippen molar-refractivity contribution >= 4 is 50.3 Å². The Morgan fingerprint density at radius 2 is 1.97 bits per heavy atom. The number of hydrogen-bond donors (Lipinski definition) is 1. The van der Waals surface area contributed by atoms with Crippen LogP contribution < -0.4 is 5.32 Å². The third-order valence-corrected chi connectivity index (χ3v) is 6.22. The van der Waals surface area contributed by atoms with Gasteiger partial charge in [-0.1, -0.05) is 42.1 Å². The molecular weight excluding hydrogens is 456 g/mol. The lowest BCUT2D eigenvalue weighted by atomic mass is 9.99. The Bertz CT molecular complexity index is 1080. The molecule has 0 bridgehead atoms. The van der Waals surface area contributed by atoms with Gasteiger partial charge in [0.2, 0.25) is 10.6 Å². The first-order chi connectivity index (χ1) is 14.1. The highest BCUT2D eigenvalue weighted by atomic mass is 79.9. The number of carbonyl (C=O) groups excluding carboxylic acids is 2. The van der Waals surface area contributed by atoms with Crippen molar-refractivity contribution < 1.29 is 14.3 Å². The second-order valence-electron chi connectivity index (χ2n) is 6.72.